The van der Waals surface area contributed by atoms with Gasteiger partial charge in [-0.1, -0.05) is 83.1 Å². The lowest BCUT2D eigenvalue weighted by Gasteiger charge is -2.48. The van der Waals surface area contributed by atoms with Crippen molar-refractivity contribution in [2.45, 2.75) is 156 Å². The van der Waals surface area contributed by atoms with Gasteiger partial charge in [-0.2, -0.15) is 0 Å². The normalized spacial score (nSPS) is 13.9. The Morgan fingerprint density at radius 3 is 0.714 bits per heavy atom. The molecule has 0 rings (SSSR count). The summed E-state index contributed by atoms with van der Waals surface area (Å²) in [5, 5.41) is 0. The van der Waals surface area contributed by atoms with Crippen molar-refractivity contribution in [1.29, 1.82) is 0 Å². The van der Waals surface area contributed by atoms with Crippen LogP contribution in [0.4, 0.5) is 0 Å². The van der Waals surface area contributed by atoms with E-state index in [9.17, 15) is 0 Å². The van der Waals surface area contributed by atoms with Gasteiger partial charge < -0.3 is 20.6 Å². The first-order valence-electron chi connectivity index (χ1n) is 14.8. The zero-order chi connectivity index (χ0) is 27.2. The van der Waals surface area contributed by atoms with Gasteiger partial charge in [-0.25, -0.2) is 0 Å². The lowest BCUT2D eigenvalue weighted by atomic mass is 10.9. The van der Waals surface area contributed by atoms with Crippen LogP contribution in [0.3, 0.4) is 0 Å². The van der Waals surface area contributed by atoms with Crippen LogP contribution in [0.25, 0.3) is 0 Å². The van der Waals surface area contributed by atoms with E-state index in [1.807, 2.05) is 0 Å². The van der Waals surface area contributed by atoms with Crippen molar-refractivity contribution >= 4 is 52.3 Å². The van der Waals surface area contributed by atoms with Gasteiger partial charge in [0, 0.05) is 0 Å². The minimum atomic E-state index is -2.51. The predicted molar refractivity (Wildman–Crippen MR) is 166 cm³/mol. The molecule has 2 radical (unpaired) electrons. The SMILES string of the molecule is CC[Si](CC)O[Si](CC)(CC)O[Si](CC)(CC)O[Si](CC)(CC)O[Si](CC)(CC)O[Si](CC)CC. The van der Waals surface area contributed by atoms with Crippen molar-refractivity contribution in [2.24, 2.45) is 0 Å². The Labute approximate surface area is 227 Å². The predicted octanol–water partition coefficient (Wildman–Crippen LogP) is 9.06. The van der Waals surface area contributed by atoms with Crippen molar-refractivity contribution in [2.75, 3.05) is 0 Å². The molecule has 0 amide bonds. The van der Waals surface area contributed by atoms with E-state index in [1.165, 1.54) is 0 Å². The third kappa shape index (κ3) is 10.3. The fourth-order valence-electron chi connectivity index (χ4n) is 4.57. The Balaban J connectivity index is 6.29. The maximum atomic E-state index is 7.40. The minimum absolute atomic E-state index is 0.827. The lowest BCUT2D eigenvalue weighted by molar-refractivity contribution is 0.258. The summed E-state index contributed by atoms with van der Waals surface area (Å²) < 4.78 is 35.9. The second-order valence-corrected chi connectivity index (χ2v) is 31.5. The maximum Gasteiger partial charge on any atom is 0.320 e. The van der Waals surface area contributed by atoms with Gasteiger partial charge in [0.1, 0.15) is 0 Å². The van der Waals surface area contributed by atoms with Gasteiger partial charge in [-0.05, 0) is 72.5 Å². The molecule has 0 bridgehead atoms. The van der Waals surface area contributed by atoms with Crippen LogP contribution in [0.15, 0.2) is 0 Å². The minimum Gasteiger partial charge on any atom is -0.436 e. The van der Waals surface area contributed by atoms with Crippen LogP contribution in [-0.4, -0.2) is 52.3 Å². The Morgan fingerprint density at radius 2 is 0.543 bits per heavy atom. The third-order valence-electron chi connectivity index (χ3n) is 7.66. The molecule has 35 heavy (non-hydrogen) atoms. The molecule has 0 spiro atoms. The van der Waals surface area contributed by atoms with Crippen molar-refractivity contribution < 1.29 is 20.6 Å². The topological polar surface area (TPSA) is 46.2 Å². The van der Waals surface area contributed by atoms with Crippen LogP contribution in [-0.2, 0) is 20.6 Å². The van der Waals surface area contributed by atoms with E-state index in [-0.39, 0.29) is 0 Å². The molecule has 0 N–H and O–H groups in total. The highest BCUT2D eigenvalue weighted by atomic mass is 28.5. The zero-order valence-electron chi connectivity index (χ0n) is 25.5. The highest BCUT2D eigenvalue weighted by molar-refractivity contribution is 6.91. The summed E-state index contributed by atoms with van der Waals surface area (Å²) >= 11 is 0. The van der Waals surface area contributed by atoms with Crippen LogP contribution in [0.5, 0.6) is 0 Å². The van der Waals surface area contributed by atoms with Gasteiger partial charge >= 0.3 is 34.2 Å². The van der Waals surface area contributed by atoms with Gasteiger partial charge in [0.2, 0.25) is 0 Å². The molecule has 0 aliphatic rings. The van der Waals surface area contributed by atoms with Gasteiger partial charge in [-0.3, -0.25) is 0 Å². The Hall–Kier alpha value is 1.10. The second-order valence-electron chi connectivity index (χ2n) is 9.47. The summed E-state index contributed by atoms with van der Waals surface area (Å²) in [6.07, 6.45) is 0. The van der Waals surface area contributed by atoms with Crippen molar-refractivity contribution in [3.05, 3.63) is 0 Å². The number of hydrogen-bond acceptors (Lipinski definition) is 5. The van der Waals surface area contributed by atoms with Crippen LogP contribution >= 0.6 is 0 Å². The molecule has 0 fully saturated rings. The summed E-state index contributed by atoms with van der Waals surface area (Å²) in [5.74, 6) is 0. The van der Waals surface area contributed by atoms with E-state index in [2.05, 4.69) is 83.1 Å². The Bertz CT molecular complexity index is 486. The van der Waals surface area contributed by atoms with Gasteiger partial charge in [-0.15, -0.1) is 0 Å². The van der Waals surface area contributed by atoms with Crippen LogP contribution in [0.1, 0.15) is 83.1 Å². The van der Waals surface area contributed by atoms with Gasteiger partial charge in [0.25, 0.3) is 0 Å². The standard InChI is InChI=1S/C24H60O5Si6/c1-13-30(14-2)25-32(17-5,18-6)27-34(21-9,22-10)29-35(23-11,24-12)28-33(19-7,20-8)26-31(15-3)16-4/h13-24H2,1-12H3. The molecule has 0 aliphatic carbocycles. The smallest absolute Gasteiger partial charge is 0.320 e. The third-order valence-corrected chi connectivity index (χ3v) is 33.7. The summed E-state index contributed by atoms with van der Waals surface area (Å²) in [6.45, 7) is 27.2. The fraction of sp³-hybridized carbons (Fsp3) is 1.00. The Morgan fingerprint density at radius 1 is 0.343 bits per heavy atom. The Kier molecular flexibility index (Phi) is 18.2. The van der Waals surface area contributed by atoms with Crippen molar-refractivity contribution in [3.8, 4) is 0 Å². The molecule has 11 heteroatoms. The molecule has 0 saturated heterocycles. The molecular formula is C24H60O5Si6. The van der Waals surface area contributed by atoms with Crippen molar-refractivity contribution in [3.63, 3.8) is 0 Å². The molecule has 5 nitrogen and oxygen atoms in total. The average molecular weight is 597 g/mol. The van der Waals surface area contributed by atoms with Crippen LogP contribution in [0.2, 0.25) is 72.5 Å². The summed E-state index contributed by atoms with van der Waals surface area (Å²) in [6, 6.07) is 12.3. The summed E-state index contributed by atoms with van der Waals surface area (Å²) in [5.41, 5.74) is 0. The van der Waals surface area contributed by atoms with E-state index in [1.54, 1.807) is 0 Å². The maximum absolute atomic E-state index is 7.40. The molecule has 0 heterocycles. The van der Waals surface area contributed by atoms with Crippen molar-refractivity contribution in [1.82, 2.24) is 0 Å². The zero-order valence-corrected chi connectivity index (χ0v) is 31.5. The molecule has 0 aliphatic heterocycles. The van der Waals surface area contributed by atoms with E-state index >= 15 is 0 Å². The van der Waals surface area contributed by atoms with E-state index in [0.717, 1.165) is 72.5 Å². The lowest BCUT2D eigenvalue weighted by Crippen LogP contribution is -2.64. The second kappa shape index (κ2) is 17.6. The van der Waals surface area contributed by atoms with E-state index in [0.29, 0.717) is 0 Å². The highest BCUT2D eigenvalue weighted by Gasteiger charge is 2.54. The summed E-state index contributed by atoms with van der Waals surface area (Å²) in [4.78, 5) is 0. The molecule has 0 aromatic carbocycles. The molecule has 0 aromatic rings. The monoisotopic (exact) mass is 596 g/mol. The van der Waals surface area contributed by atoms with Crippen LogP contribution in [0, 0.1) is 0 Å². The highest BCUT2D eigenvalue weighted by Crippen LogP contribution is 2.37. The molecule has 0 atom stereocenters. The average Bonchev–Trinajstić information content (AvgIpc) is 2.92. The molecule has 0 aromatic heterocycles. The van der Waals surface area contributed by atoms with Gasteiger partial charge in [0.05, 0.1) is 0 Å². The summed E-state index contributed by atoms with van der Waals surface area (Å²) in [7, 11) is -11.3. The number of rotatable bonds is 22. The fourth-order valence-corrected chi connectivity index (χ4v) is 33.6. The molecule has 0 unspecified atom stereocenters. The first-order chi connectivity index (χ1) is 16.6. The molecule has 210 valence electrons. The van der Waals surface area contributed by atoms with Crippen LogP contribution < -0.4 is 0 Å². The molecule has 0 saturated carbocycles. The molecular weight excluding hydrogens is 537 g/mol. The van der Waals surface area contributed by atoms with E-state index < -0.39 is 52.3 Å². The quantitative estimate of drug-likeness (QED) is 0.117. The largest absolute Gasteiger partial charge is 0.436 e. The first-order valence-corrected chi connectivity index (χ1v) is 27.3. The van der Waals surface area contributed by atoms with E-state index in [4.69, 9.17) is 20.6 Å². The first kappa shape index (κ1) is 36.1. The van der Waals surface area contributed by atoms with Gasteiger partial charge in [0.15, 0.2) is 18.1 Å². The number of hydrogen-bond donors (Lipinski definition) is 0.